The number of nitrogens with zero attached hydrogens (tertiary/aromatic N) is 1. The van der Waals surface area contributed by atoms with Gasteiger partial charge >= 0.3 is 6.03 Å². The van der Waals surface area contributed by atoms with Crippen LogP contribution in [0, 0.1) is 5.92 Å². The molecule has 0 aromatic rings. The number of likely N-dealkylation sites (tertiary alicyclic amines) is 1. The molecule has 5 heteroatoms. The molecular formula is C14H27N3O2. The van der Waals surface area contributed by atoms with Gasteiger partial charge in [-0.25, -0.2) is 4.79 Å². The molecule has 0 saturated carbocycles. The lowest BCUT2D eigenvalue weighted by Crippen LogP contribution is -2.54. The first kappa shape index (κ1) is 14.6. The van der Waals surface area contributed by atoms with Crippen LogP contribution < -0.4 is 10.6 Å². The van der Waals surface area contributed by atoms with E-state index in [0.717, 1.165) is 45.5 Å². The number of piperidine rings is 1. The third kappa shape index (κ3) is 4.08. The zero-order chi connectivity index (χ0) is 13.7. The number of nitrogens with one attached hydrogen (secondary N) is 2. The van der Waals surface area contributed by atoms with Crippen molar-refractivity contribution in [3.05, 3.63) is 0 Å². The number of hydrogen-bond donors (Lipinski definition) is 2. The van der Waals surface area contributed by atoms with Crippen molar-refractivity contribution < 1.29 is 9.53 Å². The van der Waals surface area contributed by atoms with Gasteiger partial charge in [-0.1, -0.05) is 13.8 Å². The molecule has 0 aromatic carbocycles. The highest BCUT2D eigenvalue weighted by atomic mass is 16.5. The molecule has 19 heavy (non-hydrogen) atoms. The predicted molar refractivity (Wildman–Crippen MR) is 75.2 cm³/mol. The molecule has 2 fully saturated rings. The van der Waals surface area contributed by atoms with Crippen LogP contribution in [-0.2, 0) is 4.74 Å². The molecule has 0 bridgehead atoms. The Hall–Kier alpha value is -0.810. The fraction of sp³-hybridized carbons (Fsp3) is 0.929. The number of amides is 2. The topological polar surface area (TPSA) is 53.6 Å². The van der Waals surface area contributed by atoms with Crippen molar-refractivity contribution in [2.24, 2.45) is 5.92 Å². The summed E-state index contributed by atoms with van der Waals surface area (Å²) in [6.45, 7) is 8.61. The van der Waals surface area contributed by atoms with Crippen molar-refractivity contribution in [3.8, 4) is 0 Å². The lowest BCUT2D eigenvalue weighted by molar-refractivity contribution is 0.144. The third-order valence-electron chi connectivity index (χ3n) is 4.11. The van der Waals surface area contributed by atoms with Gasteiger partial charge in [0.2, 0.25) is 0 Å². The number of hydrogen-bond acceptors (Lipinski definition) is 3. The quantitative estimate of drug-likeness (QED) is 0.806. The average molecular weight is 269 g/mol. The molecule has 110 valence electrons. The van der Waals surface area contributed by atoms with Gasteiger partial charge in [0.1, 0.15) is 0 Å². The summed E-state index contributed by atoms with van der Waals surface area (Å²) in [5, 5.41) is 6.64. The van der Waals surface area contributed by atoms with Crippen molar-refractivity contribution in [2.45, 2.75) is 45.2 Å². The third-order valence-corrected chi connectivity index (χ3v) is 4.11. The Balaban J connectivity index is 1.75. The van der Waals surface area contributed by atoms with Gasteiger partial charge < -0.3 is 20.3 Å². The van der Waals surface area contributed by atoms with E-state index in [1.165, 1.54) is 0 Å². The number of carbonyl (C=O) groups excluding carboxylic acids is 1. The van der Waals surface area contributed by atoms with E-state index < -0.39 is 0 Å². The fourth-order valence-electron chi connectivity index (χ4n) is 2.88. The van der Waals surface area contributed by atoms with Gasteiger partial charge in [0.15, 0.2) is 0 Å². The van der Waals surface area contributed by atoms with Gasteiger partial charge in [-0.05, 0) is 31.7 Å². The van der Waals surface area contributed by atoms with E-state index in [4.69, 9.17) is 4.74 Å². The average Bonchev–Trinajstić information content (AvgIpc) is 2.90. The van der Waals surface area contributed by atoms with Crippen molar-refractivity contribution in [1.29, 1.82) is 0 Å². The summed E-state index contributed by atoms with van der Waals surface area (Å²) < 4.78 is 5.28. The second kappa shape index (κ2) is 7.10. The Morgan fingerprint density at radius 2 is 2.26 bits per heavy atom. The van der Waals surface area contributed by atoms with Gasteiger partial charge in [0, 0.05) is 25.7 Å². The van der Waals surface area contributed by atoms with Crippen LogP contribution in [0.25, 0.3) is 0 Å². The summed E-state index contributed by atoms with van der Waals surface area (Å²) >= 11 is 0. The molecule has 0 aliphatic carbocycles. The number of carbonyl (C=O) groups is 1. The van der Waals surface area contributed by atoms with Crippen LogP contribution in [0.4, 0.5) is 4.79 Å². The van der Waals surface area contributed by atoms with E-state index in [2.05, 4.69) is 24.5 Å². The van der Waals surface area contributed by atoms with E-state index in [9.17, 15) is 4.79 Å². The molecule has 5 nitrogen and oxygen atoms in total. The molecule has 2 amide bonds. The molecule has 2 aliphatic rings. The van der Waals surface area contributed by atoms with Gasteiger partial charge in [-0.3, -0.25) is 0 Å². The van der Waals surface area contributed by atoms with Crippen LogP contribution in [0.3, 0.4) is 0 Å². The Labute approximate surface area is 116 Å². The zero-order valence-corrected chi connectivity index (χ0v) is 12.2. The van der Waals surface area contributed by atoms with Gasteiger partial charge in [-0.15, -0.1) is 0 Å². The molecule has 2 aliphatic heterocycles. The number of urea groups is 1. The minimum Gasteiger partial charge on any atom is -0.379 e. The zero-order valence-electron chi connectivity index (χ0n) is 12.2. The van der Waals surface area contributed by atoms with Crippen LogP contribution in [-0.4, -0.2) is 55.9 Å². The van der Waals surface area contributed by atoms with Crippen molar-refractivity contribution in [3.63, 3.8) is 0 Å². The summed E-state index contributed by atoms with van der Waals surface area (Å²) in [5.41, 5.74) is 0. The first-order chi connectivity index (χ1) is 9.20. The second-order valence-electron chi connectivity index (χ2n) is 5.78. The molecule has 2 saturated heterocycles. The van der Waals surface area contributed by atoms with Crippen LogP contribution in [0.1, 0.15) is 33.1 Å². The maximum Gasteiger partial charge on any atom is 0.317 e. The van der Waals surface area contributed by atoms with Crippen LogP contribution >= 0.6 is 0 Å². The first-order valence-corrected chi connectivity index (χ1v) is 7.57. The first-order valence-electron chi connectivity index (χ1n) is 7.57. The molecule has 2 N–H and O–H groups in total. The summed E-state index contributed by atoms with van der Waals surface area (Å²) in [6.07, 6.45) is 3.15. The molecule has 2 heterocycles. The van der Waals surface area contributed by atoms with Gasteiger partial charge in [0.25, 0.3) is 0 Å². The smallest absolute Gasteiger partial charge is 0.317 e. The van der Waals surface area contributed by atoms with Gasteiger partial charge in [0.05, 0.1) is 12.6 Å². The largest absolute Gasteiger partial charge is 0.379 e. The summed E-state index contributed by atoms with van der Waals surface area (Å²) in [5.74, 6) is 0.519. The lowest BCUT2D eigenvalue weighted by Gasteiger charge is -2.37. The molecule has 0 spiro atoms. The van der Waals surface area contributed by atoms with Gasteiger partial charge in [-0.2, -0.15) is 0 Å². The Morgan fingerprint density at radius 1 is 1.42 bits per heavy atom. The van der Waals surface area contributed by atoms with Crippen LogP contribution in [0.15, 0.2) is 0 Å². The fourth-order valence-corrected chi connectivity index (χ4v) is 2.88. The van der Waals surface area contributed by atoms with E-state index in [1.807, 2.05) is 4.90 Å². The molecule has 3 atom stereocenters. The Bertz CT molecular complexity index is 292. The van der Waals surface area contributed by atoms with Crippen molar-refractivity contribution >= 4 is 6.03 Å². The minimum atomic E-state index is 0.0799. The maximum atomic E-state index is 12.2. The second-order valence-corrected chi connectivity index (χ2v) is 5.78. The summed E-state index contributed by atoms with van der Waals surface area (Å²) in [7, 11) is 0. The Morgan fingerprint density at radius 3 is 2.89 bits per heavy atom. The van der Waals surface area contributed by atoms with E-state index >= 15 is 0 Å². The Kier molecular flexibility index (Phi) is 5.45. The number of ether oxygens (including phenoxy) is 1. The van der Waals surface area contributed by atoms with Crippen molar-refractivity contribution in [1.82, 2.24) is 15.5 Å². The predicted octanol–water partition coefficient (Wildman–Crippen LogP) is 1.19. The summed E-state index contributed by atoms with van der Waals surface area (Å²) in [6, 6.07) is 0.842. The highest BCUT2D eigenvalue weighted by molar-refractivity contribution is 5.74. The monoisotopic (exact) mass is 269 g/mol. The van der Waals surface area contributed by atoms with Crippen LogP contribution in [0.2, 0.25) is 0 Å². The molecular weight excluding hydrogens is 242 g/mol. The van der Waals surface area contributed by atoms with E-state index in [-0.39, 0.29) is 12.1 Å². The van der Waals surface area contributed by atoms with Crippen molar-refractivity contribution in [2.75, 3.05) is 32.8 Å². The number of rotatable bonds is 4. The van der Waals surface area contributed by atoms with E-state index in [1.54, 1.807) is 0 Å². The summed E-state index contributed by atoms with van der Waals surface area (Å²) in [4.78, 5) is 14.1. The van der Waals surface area contributed by atoms with Crippen LogP contribution in [0.5, 0.6) is 0 Å². The molecule has 0 aromatic heterocycles. The molecule has 3 unspecified atom stereocenters. The lowest BCUT2D eigenvalue weighted by atomic mass is 9.94. The molecule has 0 radical (unpaired) electrons. The SMILES string of the molecule is CCCNC1CCN(C(=O)NC2CCOC2)CC1C. The van der Waals surface area contributed by atoms with E-state index in [0.29, 0.717) is 18.6 Å². The highest BCUT2D eigenvalue weighted by Crippen LogP contribution is 2.17. The normalized spacial score (nSPS) is 31.5. The standard InChI is InChI=1S/C14H27N3O2/c1-3-6-15-13-4-7-17(9-11(13)2)14(18)16-12-5-8-19-10-12/h11-13,15H,3-10H2,1-2H3,(H,16,18). The maximum absolute atomic E-state index is 12.2. The highest BCUT2D eigenvalue weighted by Gasteiger charge is 2.29. The minimum absolute atomic E-state index is 0.0799. The molecule has 2 rings (SSSR count).